The van der Waals surface area contributed by atoms with Crippen molar-refractivity contribution in [3.05, 3.63) is 59.1 Å². The maximum atomic E-state index is 6.50. The van der Waals surface area contributed by atoms with Gasteiger partial charge in [-0.1, -0.05) is 6.08 Å². The highest BCUT2D eigenvalue weighted by Gasteiger charge is 2.31. The Kier molecular flexibility index (Phi) is 8.88. The van der Waals surface area contributed by atoms with E-state index < -0.39 is 0 Å². The molecule has 9 heteroatoms. The molecule has 2 aromatic carbocycles. The minimum Gasteiger partial charge on any atom is -0.488 e. The number of methoxy groups -OCH3 is 2. The summed E-state index contributed by atoms with van der Waals surface area (Å²) < 4.78 is 23.8. The van der Waals surface area contributed by atoms with Crippen molar-refractivity contribution in [3.63, 3.8) is 0 Å². The fraction of sp³-hybridized carbons (Fsp3) is 0.526. The number of rotatable bonds is 8. The van der Waals surface area contributed by atoms with Crippen LogP contribution < -0.4 is 20.1 Å². The first kappa shape index (κ1) is 30.8. The van der Waals surface area contributed by atoms with Crippen molar-refractivity contribution in [1.29, 1.82) is 0 Å². The van der Waals surface area contributed by atoms with Crippen molar-refractivity contribution in [3.8, 4) is 33.9 Å². The van der Waals surface area contributed by atoms with Crippen LogP contribution in [0.2, 0.25) is 0 Å². The van der Waals surface area contributed by atoms with Gasteiger partial charge in [-0.3, -0.25) is 4.99 Å². The predicted molar refractivity (Wildman–Crippen MR) is 184 cm³/mol. The van der Waals surface area contributed by atoms with Crippen LogP contribution in [0, 0.1) is 5.92 Å². The number of hydrogen-bond acceptors (Lipinski definition) is 8. The maximum Gasteiger partial charge on any atom is 0.128 e. The van der Waals surface area contributed by atoms with E-state index in [1.807, 2.05) is 13.3 Å². The largest absolute Gasteiger partial charge is 0.488 e. The van der Waals surface area contributed by atoms with Crippen LogP contribution in [0.15, 0.2) is 41.5 Å². The standard InChI is InChI=1S/C38H47N5O4/c1-44-19-23-6-5-13-39-30(11-9-23)31-8-4-3-7-29(42-31)24-14-26-20-47-35-17-25(15-27-21-46-34(16-24)36(26)37(27)35)33-18-40-38(43-33)32-12-10-28(41-32)22-45-2/h7,14-18,23,28,30,32,39,41H,3-6,8-13,19-22H2,1-2H3,(H,40,43). The van der Waals surface area contributed by atoms with E-state index in [0.29, 0.717) is 31.2 Å². The third-order valence-electron chi connectivity index (χ3n) is 10.6. The number of aromatic nitrogens is 2. The molecular formula is C38H47N5O4. The van der Waals surface area contributed by atoms with Crippen molar-refractivity contribution in [1.82, 2.24) is 20.6 Å². The van der Waals surface area contributed by atoms with Gasteiger partial charge >= 0.3 is 0 Å². The van der Waals surface area contributed by atoms with E-state index in [4.69, 9.17) is 28.9 Å². The number of H-pyrrole nitrogens is 1. The minimum atomic E-state index is 0.216. The van der Waals surface area contributed by atoms with Crippen LogP contribution >= 0.6 is 0 Å². The highest BCUT2D eigenvalue weighted by molar-refractivity contribution is 5.95. The lowest BCUT2D eigenvalue weighted by molar-refractivity contribution is 0.137. The summed E-state index contributed by atoms with van der Waals surface area (Å²) >= 11 is 0. The Labute approximate surface area is 277 Å². The van der Waals surface area contributed by atoms with Gasteiger partial charge in [0, 0.05) is 72.0 Å². The fourth-order valence-electron chi connectivity index (χ4n) is 8.23. The third kappa shape index (κ3) is 6.26. The summed E-state index contributed by atoms with van der Waals surface area (Å²) in [4.78, 5) is 13.7. The first-order chi connectivity index (χ1) is 23.2. The molecule has 0 radical (unpaired) electrons. The van der Waals surface area contributed by atoms with E-state index in [1.165, 1.54) is 25.0 Å². The molecule has 0 saturated carbocycles. The second-order valence-electron chi connectivity index (χ2n) is 13.9. The molecule has 1 aromatic heterocycles. The summed E-state index contributed by atoms with van der Waals surface area (Å²) in [5, 5.41) is 7.47. The number of nitrogens with one attached hydrogen (secondary N) is 3. The van der Waals surface area contributed by atoms with Gasteiger partial charge in [-0.15, -0.1) is 0 Å². The van der Waals surface area contributed by atoms with E-state index in [0.717, 1.165) is 120 Å². The van der Waals surface area contributed by atoms with Crippen molar-refractivity contribution in [2.24, 2.45) is 10.9 Å². The van der Waals surface area contributed by atoms with Gasteiger partial charge in [-0.05, 0) is 94.5 Å². The molecule has 47 heavy (non-hydrogen) atoms. The molecule has 5 aliphatic heterocycles. The van der Waals surface area contributed by atoms with Crippen LogP contribution in [0.1, 0.15) is 86.3 Å². The number of aromatic amines is 1. The normalized spacial score (nSPS) is 25.4. The quantitative estimate of drug-likeness (QED) is 0.252. The Morgan fingerprint density at radius 3 is 2.40 bits per heavy atom. The number of hydrogen-bond donors (Lipinski definition) is 3. The SMILES string of the molecule is COCC1CCCNC(C2=NC(c3cc4c5c(c3)OCc3cc(-c6cnc(C7CCC(COC)N7)[nH]6)cc(c3-5)OC4)=CCCC2)CC1. The van der Waals surface area contributed by atoms with Gasteiger partial charge in [0.25, 0.3) is 0 Å². The molecule has 4 atom stereocenters. The molecule has 6 heterocycles. The van der Waals surface area contributed by atoms with E-state index in [2.05, 4.69) is 46.0 Å². The Morgan fingerprint density at radius 1 is 0.830 bits per heavy atom. The molecule has 8 rings (SSSR count). The van der Waals surface area contributed by atoms with E-state index in [9.17, 15) is 0 Å². The molecule has 2 fully saturated rings. The third-order valence-corrected chi connectivity index (χ3v) is 10.6. The van der Waals surface area contributed by atoms with Crippen LogP contribution in [-0.2, 0) is 22.7 Å². The number of aliphatic imine (C=N–C) groups is 1. The highest BCUT2D eigenvalue weighted by Crippen LogP contribution is 2.50. The summed E-state index contributed by atoms with van der Waals surface area (Å²) in [6.07, 6.45) is 14.3. The van der Waals surface area contributed by atoms with E-state index >= 15 is 0 Å². The lowest BCUT2D eigenvalue weighted by Gasteiger charge is -2.30. The zero-order valence-corrected chi connectivity index (χ0v) is 27.7. The lowest BCUT2D eigenvalue weighted by Crippen LogP contribution is -2.39. The van der Waals surface area contributed by atoms with Gasteiger partial charge < -0.3 is 34.6 Å². The van der Waals surface area contributed by atoms with E-state index in [-0.39, 0.29) is 6.04 Å². The summed E-state index contributed by atoms with van der Waals surface area (Å²) in [6, 6.07) is 9.77. The van der Waals surface area contributed by atoms with Crippen molar-refractivity contribution < 1.29 is 18.9 Å². The summed E-state index contributed by atoms with van der Waals surface area (Å²) in [5.74, 6) is 3.45. The Balaban J connectivity index is 1.05. The van der Waals surface area contributed by atoms with Crippen molar-refractivity contribution in [2.45, 2.75) is 89.1 Å². The first-order valence-corrected chi connectivity index (χ1v) is 17.6. The average Bonchev–Trinajstić information content (AvgIpc) is 3.69. The predicted octanol–water partition coefficient (Wildman–Crippen LogP) is 6.73. The van der Waals surface area contributed by atoms with Gasteiger partial charge in [0.05, 0.1) is 30.2 Å². The Hall–Kier alpha value is -3.50. The number of allylic oxidation sites excluding steroid dienone is 1. The number of imidazole rings is 1. The summed E-state index contributed by atoms with van der Waals surface area (Å²) in [7, 11) is 3.58. The molecule has 0 amide bonds. The van der Waals surface area contributed by atoms with Crippen molar-refractivity contribution in [2.75, 3.05) is 34.0 Å². The average molecular weight is 638 g/mol. The molecule has 2 saturated heterocycles. The molecular weight excluding hydrogens is 590 g/mol. The van der Waals surface area contributed by atoms with Gasteiger partial charge in [0.15, 0.2) is 0 Å². The van der Waals surface area contributed by atoms with Gasteiger partial charge in [0.1, 0.15) is 30.5 Å². The molecule has 3 N–H and O–H groups in total. The zero-order valence-electron chi connectivity index (χ0n) is 27.7. The highest BCUT2D eigenvalue weighted by atomic mass is 16.5. The molecule has 3 aromatic rings. The molecule has 9 nitrogen and oxygen atoms in total. The minimum absolute atomic E-state index is 0.216. The molecule has 0 aliphatic carbocycles. The molecule has 0 bridgehead atoms. The van der Waals surface area contributed by atoms with Gasteiger partial charge in [-0.2, -0.15) is 0 Å². The second kappa shape index (κ2) is 13.5. The number of nitrogens with zero attached hydrogens (tertiary/aromatic N) is 2. The van der Waals surface area contributed by atoms with Gasteiger partial charge in [-0.25, -0.2) is 4.98 Å². The summed E-state index contributed by atoms with van der Waals surface area (Å²) in [5.41, 5.74) is 10.2. The molecule has 5 aliphatic rings. The smallest absolute Gasteiger partial charge is 0.128 e. The van der Waals surface area contributed by atoms with Gasteiger partial charge in [0.2, 0.25) is 0 Å². The number of benzene rings is 2. The lowest BCUT2D eigenvalue weighted by atomic mass is 9.87. The van der Waals surface area contributed by atoms with Crippen LogP contribution in [0.25, 0.3) is 28.1 Å². The van der Waals surface area contributed by atoms with Crippen LogP contribution in [0.5, 0.6) is 11.5 Å². The Bertz CT molecular complexity index is 1630. The molecule has 0 spiro atoms. The maximum absolute atomic E-state index is 6.50. The zero-order chi connectivity index (χ0) is 31.7. The monoisotopic (exact) mass is 637 g/mol. The fourth-order valence-corrected chi connectivity index (χ4v) is 8.23. The summed E-state index contributed by atoms with van der Waals surface area (Å²) in [6.45, 7) is 3.62. The van der Waals surface area contributed by atoms with Crippen LogP contribution in [0.3, 0.4) is 0 Å². The number of ether oxygens (including phenoxy) is 4. The van der Waals surface area contributed by atoms with E-state index in [1.54, 1.807) is 7.11 Å². The van der Waals surface area contributed by atoms with Crippen molar-refractivity contribution >= 4 is 11.4 Å². The molecule has 4 unspecified atom stereocenters. The van der Waals surface area contributed by atoms with Crippen LogP contribution in [-0.4, -0.2) is 61.7 Å². The first-order valence-electron chi connectivity index (χ1n) is 17.6. The topological polar surface area (TPSA) is 102 Å². The Morgan fingerprint density at radius 2 is 1.60 bits per heavy atom. The molecule has 248 valence electrons. The van der Waals surface area contributed by atoms with Crippen LogP contribution in [0.4, 0.5) is 0 Å². The second-order valence-corrected chi connectivity index (χ2v) is 13.9.